The minimum Gasteiger partial charge on any atom is -0.379 e. The number of amidine groups is 1. The fourth-order valence-corrected chi connectivity index (χ4v) is 1.57. The van der Waals surface area contributed by atoms with Gasteiger partial charge >= 0.3 is 0 Å². The zero-order valence-electron chi connectivity index (χ0n) is 8.90. The second kappa shape index (κ2) is 6.90. The number of nitrogens with one attached hydrogen (secondary N) is 2. The number of hydrogen-bond acceptors (Lipinski definition) is 3. The smallest absolute Gasteiger partial charge is 0.230 e. The van der Waals surface area contributed by atoms with Crippen LogP contribution in [0.15, 0.2) is 30.3 Å². The van der Waals surface area contributed by atoms with Gasteiger partial charge in [0.15, 0.2) is 5.17 Å². The molecule has 0 fully saturated rings. The van der Waals surface area contributed by atoms with Gasteiger partial charge in [-0.05, 0) is 12.0 Å². The van der Waals surface area contributed by atoms with Crippen LogP contribution in [0.5, 0.6) is 0 Å². The molecule has 4 N–H and O–H groups in total. The highest BCUT2D eigenvalue weighted by atomic mass is 32.2. The fraction of sp³-hybridized carbons (Fsp3) is 0.273. The number of carbonyl (C=O) groups excluding carboxylic acids is 1. The first-order chi connectivity index (χ1) is 7.68. The molecule has 86 valence electrons. The average Bonchev–Trinajstić information content (AvgIpc) is 2.28. The second-order valence-electron chi connectivity index (χ2n) is 3.24. The molecule has 0 saturated carbocycles. The van der Waals surface area contributed by atoms with E-state index in [1.165, 1.54) is 5.56 Å². The van der Waals surface area contributed by atoms with E-state index in [4.69, 9.17) is 11.1 Å². The van der Waals surface area contributed by atoms with Gasteiger partial charge in [0.25, 0.3) is 0 Å². The highest BCUT2D eigenvalue weighted by Crippen LogP contribution is 1.99. The van der Waals surface area contributed by atoms with Crippen molar-refractivity contribution in [2.24, 2.45) is 5.73 Å². The summed E-state index contributed by atoms with van der Waals surface area (Å²) in [5, 5.41) is 9.71. The Hall–Kier alpha value is -1.49. The highest BCUT2D eigenvalue weighted by molar-refractivity contribution is 8.14. The number of hydrogen-bond donors (Lipinski definition) is 3. The normalized spacial score (nSPS) is 9.75. The summed E-state index contributed by atoms with van der Waals surface area (Å²) in [4.78, 5) is 11.3. The standard InChI is InChI=1S/C11H15N3OS/c12-11(13)16-8-10(15)14-7-6-9-4-2-1-3-5-9/h1-5H,6-8H2,(H3,12,13)(H,14,15). The molecular formula is C11H15N3OS. The SMILES string of the molecule is N=C(N)SCC(=O)NCCc1ccccc1. The van der Waals surface area contributed by atoms with Crippen LogP contribution in [-0.4, -0.2) is 23.4 Å². The van der Waals surface area contributed by atoms with Gasteiger partial charge in [-0.15, -0.1) is 0 Å². The zero-order valence-corrected chi connectivity index (χ0v) is 9.72. The van der Waals surface area contributed by atoms with E-state index in [1.54, 1.807) is 0 Å². The Bertz CT molecular complexity index is 354. The molecule has 0 heterocycles. The van der Waals surface area contributed by atoms with Crippen LogP contribution in [0.1, 0.15) is 5.56 Å². The van der Waals surface area contributed by atoms with Gasteiger partial charge in [-0.2, -0.15) is 0 Å². The number of benzene rings is 1. The molecule has 4 nitrogen and oxygen atoms in total. The first-order valence-corrected chi connectivity index (χ1v) is 5.94. The van der Waals surface area contributed by atoms with Gasteiger partial charge in [0.2, 0.25) is 5.91 Å². The van der Waals surface area contributed by atoms with Crippen LogP contribution in [0.2, 0.25) is 0 Å². The van der Waals surface area contributed by atoms with Crippen molar-refractivity contribution in [3.8, 4) is 0 Å². The van der Waals surface area contributed by atoms with Crippen LogP contribution < -0.4 is 11.1 Å². The van der Waals surface area contributed by atoms with E-state index in [0.29, 0.717) is 6.54 Å². The summed E-state index contributed by atoms with van der Waals surface area (Å²) >= 11 is 1.03. The maximum Gasteiger partial charge on any atom is 0.230 e. The zero-order chi connectivity index (χ0) is 11.8. The van der Waals surface area contributed by atoms with Crippen LogP contribution in [-0.2, 0) is 11.2 Å². The van der Waals surface area contributed by atoms with Crippen molar-refractivity contribution < 1.29 is 4.79 Å². The molecule has 0 aliphatic rings. The largest absolute Gasteiger partial charge is 0.379 e. The van der Waals surface area contributed by atoms with Gasteiger partial charge < -0.3 is 11.1 Å². The first-order valence-electron chi connectivity index (χ1n) is 4.96. The monoisotopic (exact) mass is 237 g/mol. The Kier molecular flexibility index (Phi) is 5.42. The lowest BCUT2D eigenvalue weighted by molar-refractivity contribution is -0.118. The second-order valence-corrected chi connectivity index (χ2v) is 4.26. The molecule has 1 rings (SSSR count). The molecular weight excluding hydrogens is 222 g/mol. The molecule has 0 aromatic heterocycles. The molecule has 0 atom stereocenters. The van der Waals surface area contributed by atoms with Gasteiger partial charge in [-0.1, -0.05) is 42.1 Å². The van der Waals surface area contributed by atoms with Crippen molar-refractivity contribution in [3.05, 3.63) is 35.9 Å². The first kappa shape index (κ1) is 12.6. The highest BCUT2D eigenvalue weighted by Gasteiger charge is 2.01. The van der Waals surface area contributed by atoms with E-state index in [9.17, 15) is 4.79 Å². The average molecular weight is 237 g/mol. The lowest BCUT2D eigenvalue weighted by atomic mass is 10.1. The fourth-order valence-electron chi connectivity index (χ4n) is 1.19. The van der Waals surface area contributed by atoms with E-state index < -0.39 is 0 Å². The summed E-state index contributed by atoms with van der Waals surface area (Å²) in [6.45, 7) is 0.612. The lowest BCUT2D eigenvalue weighted by Crippen LogP contribution is -2.28. The van der Waals surface area contributed by atoms with Crippen LogP contribution in [0.4, 0.5) is 0 Å². The number of amides is 1. The molecule has 1 amide bonds. The Morgan fingerprint density at radius 2 is 2.06 bits per heavy atom. The molecule has 5 heteroatoms. The molecule has 0 spiro atoms. The Labute approximate surface area is 99.1 Å². The number of carbonyl (C=O) groups is 1. The summed E-state index contributed by atoms with van der Waals surface area (Å²) in [6.07, 6.45) is 0.817. The number of rotatable bonds is 5. The molecule has 0 unspecified atom stereocenters. The molecule has 0 radical (unpaired) electrons. The third kappa shape index (κ3) is 5.41. The summed E-state index contributed by atoms with van der Waals surface area (Å²) in [6, 6.07) is 9.96. The number of thioether (sulfide) groups is 1. The third-order valence-corrected chi connectivity index (χ3v) is 2.65. The Morgan fingerprint density at radius 1 is 1.38 bits per heavy atom. The maximum absolute atomic E-state index is 11.3. The molecule has 0 bridgehead atoms. The van der Waals surface area contributed by atoms with Crippen molar-refractivity contribution in [2.45, 2.75) is 6.42 Å². The van der Waals surface area contributed by atoms with E-state index in [-0.39, 0.29) is 16.8 Å². The van der Waals surface area contributed by atoms with Crippen molar-refractivity contribution >= 4 is 22.8 Å². The summed E-state index contributed by atoms with van der Waals surface area (Å²) in [7, 11) is 0. The molecule has 1 aromatic rings. The van der Waals surface area contributed by atoms with Gasteiger partial charge in [0.05, 0.1) is 5.75 Å². The van der Waals surface area contributed by atoms with Gasteiger partial charge in [-0.3, -0.25) is 10.2 Å². The van der Waals surface area contributed by atoms with E-state index >= 15 is 0 Å². The minimum atomic E-state index is -0.0869. The minimum absolute atomic E-state index is 0.0294. The van der Waals surface area contributed by atoms with Gasteiger partial charge in [-0.25, -0.2) is 0 Å². The molecule has 1 aromatic carbocycles. The van der Waals surface area contributed by atoms with Crippen molar-refractivity contribution in [1.82, 2.24) is 5.32 Å². The van der Waals surface area contributed by atoms with Crippen LogP contribution in [0.25, 0.3) is 0 Å². The molecule has 0 aliphatic heterocycles. The maximum atomic E-state index is 11.3. The van der Waals surface area contributed by atoms with Crippen molar-refractivity contribution in [3.63, 3.8) is 0 Å². The summed E-state index contributed by atoms with van der Waals surface area (Å²) < 4.78 is 0. The van der Waals surface area contributed by atoms with Crippen molar-refractivity contribution in [1.29, 1.82) is 5.41 Å². The van der Waals surface area contributed by atoms with Gasteiger partial charge in [0, 0.05) is 6.54 Å². The Balaban J connectivity index is 2.16. The van der Waals surface area contributed by atoms with E-state index in [1.807, 2.05) is 30.3 Å². The summed E-state index contributed by atoms with van der Waals surface area (Å²) in [5.74, 6) is 0.126. The van der Waals surface area contributed by atoms with Crippen LogP contribution in [0, 0.1) is 5.41 Å². The topological polar surface area (TPSA) is 79.0 Å². The predicted molar refractivity (Wildman–Crippen MR) is 67.5 cm³/mol. The molecule has 0 aliphatic carbocycles. The van der Waals surface area contributed by atoms with Crippen LogP contribution in [0.3, 0.4) is 0 Å². The van der Waals surface area contributed by atoms with E-state index in [2.05, 4.69) is 5.32 Å². The number of nitrogens with two attached hydrogens (primary N) is 1. The van der Waals surface area contributed by atoms with Gasteiger partial charge in [0.1, 0.15) is 0 Å². The summed E-state index contributed by atoms with van der Waals surface area (Å²) in [5.41, 5.74) is 6.32. The Morgan fingerprint density at radius 3 is 2.69 bits per heavy atom. The quantitative estimate of drug-likeness (QED) is 0.527. The van der Waals surface area contributed by atoms with Crippen LogP contribution >= 0.6 is 11.8 Å². The third-order valence-electron chi connectivity index (χ3n) is 1.94. The molecule has 16 heavy (non-hydrogen) atoms. The lowest BCUT2D eigenvalue weighted by Gasteiger charge is -2.04. The molecule has 0 saturated heterocycles. The van der Waals surface area contributed by atoms with E-state index in [0.717, 1.165) is 18.2 Å². The van der Waals surface area contributed by atoms with Crippen molar-refractivity contribution in [2.75, 3.05) is 12.3 Å². The predicted octanol–water partition coefficient (Wildman–Crippen LogP) is 0.972.